The van der Waals surface area contributed by atoms with E-state index < -0.39 is 5.95 Å². The number of fused-ring (bicyclic) bond motifs is 1. The number of nitrogens with zero attached hydrogens (tertiary/aromatic N) is 3. The lowest BCUT2D eigenvalue weighted by Gasteiger charge is -2.29. The van der Waals surface area contributed by atoms with Gasteiger partial charge in [-0.15, -0.1) is 0 Å². The van der Waals surface area contributed by atoms with Gasteiger partial charge in [0, 0.05) is 22.2 Å². The van der Waals surface area contributed by atoms with E-state index in [4.69, 9.17) is 4.98 Å². The summed E-state index contributed by atoms with van der Waals surface area (Å²) in [7, 11) is 0. The number of hydrogen-bond donors (Lipinski definition) is 0. The number of pyridine rings is 1. The van der Waals surface area contributed by atoms with Crippen LogP contribution in [-0.2, 0) is 6.42 Å². The normalized spacial score (nSPS) is 15.0. The molecule has 0 saturated heterocycles. The molecule has 0 N–H and O–H groups in total. The summed E-state index contributed by atoms with van der Waals surface area (Å²) in [5, 5.41) is 0. The molecule has 1 aliphatic carbocycles. The number of ketones is 1. The predicted octanol–water partition coefficient (Wildman–Crippen LogP) is 5.90. The Bertz CT molecular complexity index is 1280. The molecule has 0 atom stereocenters. The average Bonchev–Trinajstić information content (AvgIpc) is 3.14. The number of imidazole rings is 1. The maximum absolute atomic E-state index is 15.7. The van der Waals surface area contributed by atoms with E-state index in [1.807, 2.05) is 80.6 Å². The van der Waals surface area contributed by atoms with E-state index in [2.05, 4.69) is 4.98 Å². The molecule has 2 aromatic heterocycles. The van der Waals surface area contributed by atoms with Crippen molar-refractivity contribution in [2.75, 3.05) is 0 Å². The van der Waals surface area contributed by atoms with Gasteiger partial charge < -0.3 is 0 Å². The van der Waals surface area contributed by atoms with Gasteiger partial charge in [-0.25, -0.2) is 9.97 Å². The van der Waals surface area contributed by atoms with Crippen molar-refractivity contribution >= 4 is 5.78 Å². The first-order valence-electron chi connectivity index (χ1n) is 10.4. The van der Waals surface area contributed by atoms with Gasteiger partial charge in [-0.2, -0.15) is 4.39 Å². The molecule has 4 aromatic rings. The van der Waals surface area contributed by atoms with Crippen LogP contribution in [-0.4, -0.2) is 20.3 Å². The Morgan fingerprint density at radius 2 is 1.58 bits per heavy atom. The third-order valence-corrected chi connectivity index (χ3v) is 5.93. The second-order valence-electron chi connectivity index (χ2n) is 8.52. The maximum Gasteiger partial charge on any atom is 0.226 e. The number of benzene rings is 2. The zero-order valence-electron chi connectivity index (χ0n) is 17.5. The number of hydrogen-bond acceptors (Lipinski definition) is 3. The summed E-state index contributed by atoms with van der Waals surface area (Å²) in [5.41, 5.74) is 3.22. The Morgan fingerprint density at radius 3 is 2.29 bits per heavy atom. The summed E-state index contributed by atoms with van der Waals surface area (Å²) in [6.45, 7) is 3.94. The van der Waals surface area contributed by atoms with Crippen LogP contribution in [0.15, 0.2) is 72.8 Å². The Balaban J connectivity index is 1.70. The Hall–Kier alpha value is -3.60. The SMILES string of the molecule is CC1(C)CCc2nc(-c3nc(-c4ccccc4)c(F)n3-c3ccccc3)ccc2C1=O. The van der Waals surface area contributed by atoms with Gasteiger partial charge in [0.15, 0.2) is 11.6 Å². The van der Waals surface area contributed by atoms with Crippen LogP contribution < -0.4 is 0 Å². The fraction of sp³-hybridized carbons (Fsp3) is 0.192. The van der Waals surface area contributed by atoms with Crippen molar-refractivity contribution in [1.82, 2.24) is 14.5 Å². The molecule has 0 fully saturated rings. The zero-order chi connectivity index (χ0) is 21.6. The zero-order valence-corrected chi connectivity index (χ0v) is 17.5. The number of carbonyl (C=O) groups is 1. The summed E-state index contributed by atoms with van der Waals surface area (Å²) >= 11 is 0. The largest absolute Gasteiger partial charge is 0.294 e. The highest BCUT2D eigenvalue weighted by Gasteiger charge is 2.35. The minimum absolute atomic E-state index is 0.107. The van der Waals surface area contributed by atoms with E-state index in [1.165, 1.54) is 4.57 Å². The van der Waals surface area contributed by atoms with Gasteiger partial charge in [-0.3, -0.25) is 9.36 Å². The number of para-hydroxylation sites is 1. The molecule has 2 aromatic carbocycles. The fourth-order valence-corrected chi connectivity index (χ4v) is 4.10. The van der Waals surface area contributed by atoms with Gasteiger partial charge in [-0.1, -0.05) is 62.4 Å². The van der Waals surface area contributed by atoms with Crippen molar-refractivity contribution in [2.45, 2.75) is 26.7 Å². The van der Waals surface area contributed by atoms with E-state index in [-0.39, 0.29) is 16.9 Å². The maximum atomic E-state index is 15.7. The van der Waals surface area contributed by atoms with Crippen LogP contribution in [0.1, 0.15) is 36.3 Å². The lowest BCUT2D eigenvalue weighted by Crippen LogP contribution is -2.31. The predicted molar refractivity (Wildman–Crippen MR) is 119 cm³/mol. The van der Waals surface area contributed by atoms with Crippen molar-refractivity contribution < 1.29 is 9.18 Å². The summed E-state index contributed by atoms with van der Waals surface area (Å²) in [5.74, 6) is 0.0853. The molecule has 5 rings (SSSR count). The van der Waals surface area contributed by atoms with Gasteiger partial charge >= 0.3 is 0 Å². The van der Waals surface area contributed by atoms with Crippen LogP contribution in [0.2, 0.25) is 0 Å². The lowest BCUT2D eigenvalue weighted by atomic mass is 9.75. The Morgan fingerprint density at radius 1 is 0.903 bits per heavy atom. The number of aryl methyl sites for hydroxylation is 1. The highest BCUT2D eigenvalue weighted by molar-refractivity contribution is 6.02. The van der Waals surface area contributed by atoms with Gasteiger partial charge in [0.1, 0.15) is 11.4 Å². The molecule has 0 bridgehead atoms. The molecule has 1 aliphatic rings. The topological polar surface area (TPSA) is 47.8 Å². The van der Waals surface area contributed by atoms with Crippen LogP contribution in [0, 0.1) is 11.4 Å². The van der Waals surface area contributed by atoms with E-state index in [9.17, 15) is 4.79 Å². The van der Waals surface area contributed by atoms with Crippen LogP contribution in [0.25, 0.3) is 28.5 Å². The smallest absolute Gasteiger partial charge is 0.226 e. The first kappa shape index (κ1) is 19.4. The number of Topliss-reactive ketones (excluding diaryl/α,β-unsaturated/α-hetero) is 1. The van der Waals surface area contributed by atoms with E-state index in [0.29, 0.717) is 34.8 Å². The van der Waals surface area contributed by atoms with Crippen molar-refractivity contribution in [1.29, 1.82) is 0 Å². The molecular weight excluding hydrogens is 389 g/mol. The van der Waals surface area contributed by atoms with Gasteiger partial charge in [0.25, 0.3) is 0 Å². The number of halogens is 1. The molecule has 0 aliphatic heterocycles. The first-order valence-corrected chi connectivity index (χ1v) is 10.4. The van der Waals surface area contributed by atoms with Crippen molar-refractivity contribution in [2.24, 2.45) is 5.41 Å². The molecule has 5 heteroatoms. The van der Waals surface area contributed by atoms with Gasteiger partial charge in [0.2, 0.25) is 5.95 Å². The lowest BCUT2D eigenvalue weighted by molar-refractivity contribution is 0.0809. The van der Waals surface area contributed by atoms with E-state index in [1.54, 1.807) is 6.07 Å². The van der Waals surface area contributed by atoms with E-state index in [0.717, 1.165) is 12.1 Å². The molecule has 4 nitrogen and oxygen atoms in total. The van der Waals surface area contributed by atoms with Crippen LogP contribution in [0.4, 0.5) is 4.39 Å². The molecule has 0 radical (unpaired) electrons. The number of carbonyl (C=O) groups excluding carboxylic acids is 1. The van der Waals surface area contributed by atoms with E-state index >= 15 is 4.39 Å². The van der Waals surface area contributed by atoms with Crippen LogP contribution in [0.3, 0.4) is 0 Å². The average molecular weight is 411 g/mol. The summed E-state index contributed by atoms with van der Waals surface area (Å²) in [6.07, 6.45) is 1.45. The van der Waals surface area contributed by atoms with Crippen molar-refractivity contribution in [3.8, 4) is 28.5 Å². The molecule has 0 amide bonds. The molecular formula is C26H22FN3O. The number of aromatic nitrogens is 3. The molecule has 0 saturated carbocycles. The fourth-order valence-electron chi connectivity index (χ4n) is 4.10. The van der Waals surface area contributed by atoms with Crippen LogP contribution in [0.5, 0.6) is 0 Å². The molecule has 0 spiro atoms. The third kappa shape index (κ3) is 3.26. The Kier molecular flexibility index (Phi) is 4.54. The van der Waals surface area contributed by atoms with Gasteiger partial charge in [-0.05, 0) is 37.1 Å². The van der Waals surface area contributed by atoms with Crippen molar-refractivity contribution in [3.63, 3.8) is 0 Å². The first-order chi connectivity index (χ1) is 15.0. The summed E-state index contributed by atoms with van der Waals surface area (Å²) in [4.78, 5) is 22.2. The minimum Gasteiger partial charge on any atom is -0.294 e. The summed E-state index contributed by atoms with van der Waals surface area (Å²) in [6, 6.07) is 22.2. The second kappa shape index (κ2) is 7.27. The van der Waals surface area contributed by atoms with Crippen LogP contribution >= 0.6 is 0 Å². The summed E-state index contributed by atoms with van der Waals surface area (Å²) < 4.78 is 17.2. The monoisotopic (exact) mass is 411 g/mol. The third-order valence-electron chi connectivity index (χ3n) is 5.93. The van der Waals surface area contributed by atoms with Gasteiger partial charge in [0.05, 0.1) is 5.69 Å². The molecule has 31 heavy (non-hydrogen) atoms. The standard InChI is InChI=1S/C26H22FN3O/c1-26(2)16-15-20-19(23(26)31)13-14-21(28-20)25-29-22(17-9-5-3-6-10-17)24(27)30(25)18-11-7-4-8-12-18/h3-14H,15-16H2,1-2H3. The van der Waals surface area contributed by atoms with Crippen molar-refractivity contribution in [3.05, 3.63) is 90.0 Å². The second-order valence-corrected chi connectivity index (χ2v) is 8.52. The molecule has 2 heterocycles. The molecule has 0 unspecified atom stereocenters. The Labute approximate surface area is 180 Å². The number of rotatable bonds is 3. The minimum atomic E-state index is -0.441. The molecule has 154 valence electrons. The highest BCUT2D eigenvalue weighted by atomic mass is 19.1. The highest BCUT2D eigenvalue weighted by Crippen LogP contribution is 2.36. The quantitative estimate of drug-likeness (QED) is 0.422.